The third kappa shape index (κ3) is 4.30. The summed E-state index contributed by atoms with van der Waals surface area (Å²) in [6.45, 7) is 0. The monoisotopic (exact) mass is 460 g/mol. The number of hydrogen-bond acceptors (Lipinski definition) is 4. The van der Waals surface area contributed by atoms with Gasteiger partial charge in [0.25, 0.3) is 5.91 Å². The summed E-state index contributed by atoms with van der Waals surface area (Å²) in [6, 6.07) is 21.8. The smallest absolute Gasteiger partial charge is 0.293 e. The van der Waals surface area contributed by atoms with Gasteiger partial charge >= 0.3 is 0 Å². The molecule has 0 bridgehead atoms. The Morgan fingerprint density at radius 3 is 2.42 bits per heavy atom. The van der Waals surface area contributed by atoms with Gasteiger partial charge in [-0.3, -0.25) is 9.59 Å². The molecule has 0 radical (unpaired) electrons. The Bertz CT molecular complexity index is 1330. The van der Waals surface area contributed by atoms with Gasteiger partial charge in [-0.15, -0.1) is 0 Å². The molecule has 1 aromatic heterocycles. The normalized spacial score (nSPS) is 16.9. The van der Waals surface area contributed by atoms with Crippen LogP contribution < -0.4 is 15.4 Å². The van der Waals surface area contributed by atoms with Crippen LogP contribution in [0.5, 0.6) is 5.75 Å². The van der Waals surface area contributed by atoms with E-state index in [4.69, 9.17) is 20.8 Å². The second-order valence-electron chi connectivity index (χ2n) is 7.97. The number of ether oxygens (including phenoxy) is 1. The molecule has 2 atom stereocenters. The average Bonchev–Trinajstić information content (AvgIpc) is 3.56. The zero-order valence-corrected chi connectivity index (χ0v) is 18.6. The van der Waals surface area contributed by atoms with Crippen molar-refractivity contribution in [3.8, 4) is 5.75 Å². The minimum absolute atomic E-state index is 0.0593. The van der Waals surface area contributed by atoms with Crippen molar-refractivity contribution < 1.29 is 18.7 Å². The Morgan fingerprint density at radius 1 is 0.970 bits per heavy atom. The van der Waals surface area contributed by atoms with Crippen LogP contribution in [0.3, 0.4) is 0 Å². The van der Waals surface area contributed by atoms with Crippen LogP contribution >= 0.6 is 11.6 Å². The fraction of sp³-hybridized carbons (Fsp3) is 0.154. The lowest BCUT2D eigenvalue weighted by molar-refractivity contribution is -0.117. The first kappa shape index (κ1) is 21.1. The summed E-state index contributed by atoms with van der Waals surface area (Å²) >= 11 is 5.97. The topological polar surface area (TPSA) is 80.6 Å². The molecule has 0 saturated heterocycles. The predicted octanol–water partition coefficient (Wildman–Crippen LogP) is 6.09. The van der Waals surface area contributed by atoms with Gasteiger partial charge in [0.15, 0.2) is 0 Å². The second kappa shape index (κ2) is 8.64. The number of benzene rings is 3. The number of furan rings is 1. The molecular weight excluding hydrogens is 440 g/mol. The first-order valence-corrected chi connectivity index (χ1v) is 10.9. The van der Waals surface area contributed by atoms with E-state index in [1.54, 1.807) is 37.4 Å². The van der Waals surface area contributed by atoms with E-state index in [1.165, 1.54) is 0 Å². The van der Waals surface area contributed by atoms with Crippen molar-refractivity contribution in [2.45, 2.75) is 12.3 Å². The van der Waals surface area contributed by atoms with Gasteiger partial charge in [0.1, 0.15) is 17.0 Å². The summed E-state index contributed by atoms with van der Waals surface area (Å²) < 4.78 is 11.0. The number of carbonyl (C=O) groups is 2. The quantitative estimate of drug-likeness (QED) is 0.365. The maximum absolute atomic E-state index is 13.0. The molecule has 6 nitrogen and oxygen atoms in total. The van der Waals surface area contributed by atoms with Gasteiger partial charge in [0.2, 0.25) is 11.7 Å². The summed E-state index contributed by atoms with van der Waals surface area (Å²) in [4.78, 5) is 26.1. The van der Waals surface area contributed by atoms with Crippen molar-refractivity contribution in [3.63, 3.8) is 0 Å². The van der Waals surface area contributed by atoms with Gasteiger partial charge in [0, 0.05) is 22.0 Å². The highest BCUT2D eigenvalue weighted by Gasteiger charge is 2.44. The van der Waals surface area contributed by atoms with E-state index < -0.39 is 5.91 Å². The van der Waals surface area contributed by atoms with E-state index >= 15 is 0 Å². The third-order valence-electron chi connectivity index (χ3n) is 5.82. The molecular formula is C26H21ClN2O4. The van der Waals surface area contributed by atoms with Crippen molar-refractivity contribution >= 4 is 45.8 Å². The molecule has 5 rings (SSSR count). The summed E-state index contributed by atoms with van der Waals surface area (Å²) in [6.07, 6.45) is 0.747. The molecule has 2 N–H and O–H groups in total. The number of methoxy groups -OCH3 is 1. The fourth-order valence-corrected chi connectivity index (χ4v) is 4.10. The highest BCUT2D eigenvalue weighted by atomic mass is 35.5. The van der Waals surface area contributed by atoms with E-state index in [2.05, 4.69) is 10.6 Å². The lowest BCUT2D eigenvalue weighted by Gasteiger charge is -2.08. The van der Waals surface area contributed by atoms with Crippen LogP contribution in [0, 0.1) is 5.92 Å². The van der Waals surface area contributed by atoms with Gasteiger partial charge in [-0.25, -0.2) is 0 Å². The number of fused-ring (bicyclic) bond motifs is 1. The van der Waals surface area contributed by atoms with Crippen LogP contribution in [0.4, 0.5) is 11.4 Å². The van der Waals surface area contributed by atoms with E-state index in [9.17, 15) is 9.59 Å². The first-order chi connectivity index (χ1) is 16.0. The predicted molar refractivity (Wildman–Crippen MR) is 128 cm³/mol. The molecule has 1 aliphatic rings. The number of anilines is 2. The van der Waals surface area contributed by atoms with Gasteiger partial charge in [0.05, 0.1) is 7.11 Å². The molecule has 2 amide bonds. The molecule has 7 heteroatoms. The Balaban J connectivity index is 1.38. The minimum atomic E-state index is -0.447. The molecule has 33 heavy (non-hydrogen) atoms. The fourth-order valence-electron chi connectivity index (χ4n) is 3.97. The molecule has 166 valence electrons. The van der Waals surface area contributed by atoms with Crippen molar-refractivity contribution in [2.24, 2.45) is 5.92 Å². The molecule has 1 fully saturated rings. The van der Waals surface area contributed by atoms with Crippen molar-refractivity contribution in [1.29, 1.82) is 0 Å². The number of para-hydroxylation sites is 1. The lowest BCUT2D eigenvalue weighted by atomic mass is 10.1. The highest BCUT2D eigenvalue weighted by Crippen LogP contribution is 2.48. The SMILES string of the molecule is COc1ccc(NC(=O)c2oc3ccccc3c2NC(=O)C2CC2c2ccc(Cl)cc2)cc1. The average molecular weight is 461 g/mol. The maximum atomic E-state index is 13.0. The second-order valence-corrected chi connectivity index (χ2v) is 8.41. The maximum Gasteiger partial charge on any atom is 0.293 e. The van der Waals surface area contributed by atoms with Gasteiger partial charge in [-0.05, 0) is 66.4 Å². The molecule has 0 spiro atoms. The molecule has 4 aromatic rings. The van der Waals surface area contributed by atoms with Crippen LogP contribution in [0.15, 0.2) is 77.2 Å². The van der Waals surface area contributed by atoms with E-state index in [1.807, 2.05) is 42.5 Å². The van der Waals surface area contributed by atoms with Gasteiger partial charge in [-0.2, -0.15) is 0 Å². The van der Waals surface area contributed by atoms with Crippen LogP contribution in [0.25, 0.3) is 11.0 Å². The first-order valence-electron chi connectivity index (χ1n) is 10.6. The largest absolute Gasteiger partial charge is 0.497 e. The van der Waals surface area contributed by atoms with Crippen molar-refractivity contribution in [1.82, 2.24) is 0 Å². The standard InChI is InChI=1S/C26H21ClN2O4/c1-32-18-12-10-17(11-13-18)28-26(31)24-23(19-4-2-3-5-22(19)33-24)29-25(30)21-14-20(21)15-6-8-16(27)9-7-15/h2-13,20-21H,14H2,1H3,(H,28,31)(H,29,30). The molecule has 1 heterocycles. The van der Waals surface area contributed by atoms with Crippen molar-refractivity contribution in [3.05, 3.63) is 89.1 Å². The number of amides is 2. The number of nitrogens with one attached hydrogen (secondary N) is 2. The summed E-state index contributed by atoms with van der Waals surface area (Å²) in [5.41, 5.74) is 2.57. The number of rotatable bonds is 6. The third-order valence-corrected chi connectivity index (χ3v) is 6.08. The Hall–Kier alpha value is -3.77. The molecule has 0 aliphatic heterocycles. The van der Waals surface area contributed by atoms with Crippen LogP contribution in [0.2, 0.25) is 5.02 Å². The summed E-state index contributed by atoms with van der Waals surface area (Å²) in [5.74, 6) is 0.125. The number of hydrogen-bond donors (Lipinski definition) is 2. The van der Waals surface area contributed by atoms with E-state index in [0.29, 0.717) is 33.1 Å². The zero-order valence-electron chi connectivity index (χ0n) is 17.8. The highest BCUT2D eigenvalue weighted by molar-refractivity contribution is 6.30. The van der Waals surface area contributed by atoms with Crippen LogP contribution in [-0.4, -0.2) is 18.9 Å². The van der Waals surface area contributed by atoms with Crippen LogP contribution in [0.1, 0.15) is 28.5 Å². The van der Waals surface area contributed by atoms with Gasteiger partial charge in [-0.1, -0.05) is 35.9 Å². The molecule has 1 aliphatic carbocycles. The molecule has 3 aromatic carbocycles. The van der Waals surface area contributed by atoms with Gasteiger partial charge < -0.3 is 19.8 Å². The van der Waals surface area contributed by atoms with Crippen molar-refractivity contribution in [2.75, 3.05) is 17.7 Å². The summed E-state index contributed by atoms with van der Waals surface area (Å²) in [5, 5.41) is 7.11. The molecule has 2 unspecified atom stereocenters. The zero-order chi connectivity index (χ0) is 22.9. The Morgan fingerprint density at radius 2 is 1.70 bits per heavy atom. The minimum Gasteiger partial charge on any atom is -0.497 e. The Kier molecular flexibility index (Phi) is 5.52. The van der Waals surface area contributed by atoms with Crippen LogP contribution in [-0.2, 0) is 4.79 Å². The number of halogens is 1. The van der Waals surface area contributed by atoms with E-state index in [0.717, 1.165) is 12.0 Å². The Labute approximate surface area is 195 Å². The van der Waals surface area contributed by atoms with E-state index in [-0.39, 0.29) is 23.5 Å². The lowest BCUT2D eigenvalue weighted by Crippen LogP contribution is -2.18. The molecule has 1 saturated carbocycles. The summed E-state index contributed by atoms with van der Waals surface area (Å²) in [7, 11) is 1.58. The number of carbonyl (C=O) groups excluding carboxylic acids is 2.